The maximum atomic E-state index is 12.2. The fourth-order valence-electron chi connectivity index (χ4n) is 2.54. The van der Waals surface area contributed by atoms with Crippen LogP contribution in [-0.2, 0) is 35.2 Å². The van der Waals surface area contributed by atoms with E-state index in [1.807, 2.05) is 30.3 Å². The van der Waals surface area contributed by atoms with Crippen molar-refractivity contribution in [3.63, 3.8) is 0 Å². The highest BCUT2D eigenvalue weighted by molar-refractivity contribution is 6.01. The average molecular weight is 317 g/mol. The van der Waals surface area contributed by atoms with Gasteiger partial charge in [-0.1, -0.05) is 30.3 Å². The Kier molecular flexibility index (Phi) is 4.01. The second kappa shape index (κ2) is 6.12. The normalized spacial score (nSPS) is 23.8. The minimum absolute atomic E-state index is 0.0675. The van der Waals surface area contributed by atoms with E-state index in [-0.39, 0.29) is 6.61 Å². The first-order valence-electron chi connectivity index (χ1n) is 7.08. The monoisotopic (exact) mass is 317 g/mol. The Balaban J connectivity index is 1.68. The van der Waals surface area contributed by atoms with E-state index in [0.29, 0.717) is 12.1 Å². The number of hydrogen-bond acceptors (Lipinski definition) is 7. The van der Waals surface area contributed by atoms with E-state index in [0.717, 1.165) is 5.56 Å². The lowest BCUT2D eigenvalue weighted by Crippen LogP contribution is -2.50. The molecule has 7 nitrogen and oxygen atoms in total. The molecule has 0 spiro atoms. The number of carbonyl (C=O) groups is 3. The van der Waals surface area contributed by atoms with Gasteiger partial charge in [-0.15, -0.1) is 0 Å². The highest BCUT2D eigenvalue weighted by Crippen LogP contribution is 2.38. The molecule has 1 aromatic rings. The van der Waals surface area contributed by atoms with Gasteiger partial charge >= 0.3 is 17.9 Å². The Morgan fingerprint density at radius 3 is 2.78 bits per heavy atom. The summed E-state index contributed by atoms with van der Waals surface area (Å²) in [6, 6.07) is 7.97. The number of carbonyl (C=O) groups excluding carboxylic acids is 3. The van der Waals surface area contributed by atoms with Gasteiger partial charge in [0.15, 0.2) is 6.23 Å². The molecule has 0 aliphatic carbocycles. The second-order valence-corrected chi connectivity index (χ2v) is 5.16. The molecule has 0 radical (unpaired) electrons. The number of hydrogen-bond donors (Lipinski definition) is 0. The van der Waals surface area contributed by atoms with Crippen LogP contribution in [0.25, 0.3) is 0 Å². The van der Waals surface area contributed by atoms with Gasteiger partial charge < -0.3 is 19.1 Å². The largest absolute Gasteiger partial charge is 0.466 e. The van der Waals surface area contributed by atoms with Gasteiger partial charge in [-0.05, 0) is 5.56 Å². The number of ether oxygens (including phenoxy) is 3. The van der Waals surface area contributed by atoms with Gasteiger partial charge in [0.1, 0.15) is 6.61 Å². The Morgan fingerprint density at radius 1 is 1.35 bits per heavy atom. The number of rotatable bonds is 4. The van der Waals surface area contributed by atoms with E-state index in [1.54, 1.807) is 0 Å². The van der Waals surface area contributed by atoms with Crippen molar-refractivity contribution in [2.24, 2.45) is 0 Å². The second-order valence-electron chi connectivity index (χ2n) is 5.16. The molecule has 2 heterocycles. The molecule has 0 saturated carbocycles. The number of fused-ring (bicyclic) bond motifs is 1. The van der Waals surface area contributed by atoms with Crippen molar-refractivity contribution >= 4 is 17.9 Å². The van der Waals surface area contributed by atoms with Crippen molar-refractivity contribution in [1.29, 1.82) is 0 Å². The fourth-order valence-corrected chi connectivity index (χ4v) is 2.54. The molecule has 7 heteroatoms. The van der Waals surface area contributed by atoms with Gasteiger partial charge in [0.25, 0.3) is 0 Å². The van der Waals surface area contributed by atoms with E-state index in [4.69, 9.17) is 9.47 Å². The van der Waals surface area contributed by atoms with Crippen molar-refractivity contribution in [3.8, 4) is 0 Å². The summed E-state index contributed by atoms with van der Waals surface area (Å²) in [6.45, 7) is 0.0675. The van der Waals surface area contributed by atoms with Gasteiger partial charge in [-0.3, -0.25) is 0 Å². The Hall–Kier alpha value is -2.83. The molecular weight excluding hydrogens is 302 g/mol. The van der Waals surface area contributed by atoms with Crippen LogP contribution in [0.15, 0.2) is 42.1 Å². The molecule has 0 aromatic heterocycles. The van der Waals surface area contributed by atoms with Gasteiger partial charge in [0, 0.05) is 18.2 Å². The maximum absolute atomic E-state index is 12.2. The molecule has 0 bridgehead atoms. The van der Waals surface area contributed by atoms with E-state index < -0.39 is 30.2 Å². The zero-order valence-electron chi connectivity index (χ0n) is 12.4. The highest BCUT2D eigenvalue weighted by atomic mass is 16.6. The third-order valence-corrected chi connectivity index (χ3v) is 3.71. The van der Waals surface area contributed by atoms with Gasteiger partial charge in [0.2, 0.25) is 6.04 Å². The van der Waals surface area contributed by atoms with Crippen LogP contribution >= 0.6 is 0 Å². The summed E-state index contributed by atoms with van der Waals surface area (Å²) in [6.07, 6.45) is 1.10. The molecule has 120 valence electrons. The first-order valence-corrected chi connectivity index (χ1v) is 7.08. The molecule has 2 atom stereocenters. The minimum atomic E-state index is -1.17. The van der Waals surface area contributed by atoms with Crippen molar-refractivity contribution in [2.45, 2.75) is 25.3 Å². The molecule has 3 rings (SSSR count). The molecule has 1 aromatic carbocycles. The maximum Gasteiger partial charge on any atom is 0.342 e. The molecule has 2 aliphatic heterocycles. The van der Waals surface area contributed by atoms with E-state index in [2.05, 4.69) is 4.74 Å². The van der Waals surface area contributed by atoms with E-state index >= 15 is 0 Å². The topological polar surface area (TPSA) is 82.1 Å². The van der Waals surface area contributed by atoms with Crippen LogP contribution < -0.4 is 0 Å². The third-order valence-electron chi connectivity index (χ3n) is 3.71. The van der Waals surface area contributed by atoms with Crippen molar-refractivity contribution < 1.29 is 28.6 Å². The quantitative estimate of drug-likeness (QED) is 0.351. The third kappa shape index (κ3) is 2.90. The Bertz CT molecular complexity index is 668. The molecule has 0 unspecified atom stereocenters. The number of nitrogens with zero attached hydrogens (tertiary/aromatic N) is 1. The molecular formula is C16H15NO6. The predicted molar refractivity (Wildman–Crippen MR) is 76.5 cm³/mol. The number of esters is 3. The molecule has 0 N–H and O–H groups in total. The first-order chi connectivity index (χ1) is 11.1. The van der Waals surface area contributed by atoms with Crippen LogP contribution in [0.4, 0.5) is 0 Å². The van der Waals surface area contributed by atoms with E-state index in [9.17, 15) is 14.4 Å². The predicted octanol–water partition coefficient (Wildman–Crippen LogP) is 0.744. The van der Waals surface area contributed by atoms with Crippen molar-refractivity contribution in [1.82, 2.24) is 4.90 Å². The molecule has 2 saturated heterocycles. The number of benzene rings is 1. The smallest absolute Gasteiger partial charge is 0.342 e. The molecule has 23 heavy (non-hydrogen) atoms. The van der Waals surface area contributed by atoms with Crippen LogP contribution in [0, 0.1) is 0 Å². The lowest BCUT2D eigenvalue weighted by Gasteiger charge is -2.38. The summed E-state index contributed by atoms with van der Waals surface area (Å²) in [5, 5.41) is 0. The fraction of sp³-hybridized carbons (Fsp3) is 0.312. The van der Waals surface area contributed by atoms with Crippen molar-refractivity contribution in [2.75, 3.05) is 7.11 Å². The SMILES string of the molecule is COC(=O)C=C1C[C@H]2OC(=O)[C@H](C(=O)OCc3ccccc3)N12. The van der Waals surface area contributed by atoms with Gasteiger partial charge in [-0.2, -0.15) is 0 Å². The summed E-state index contributed by atoms with van der Waals surface area (Å²) < 4.78 is 14.8. The highest BCUT2D eigenvalue weighted by Gasteiger charge is 2.54. The zero-order valence-corrected chi connectivity index (χ0v) is 12.4. The van der Waals surface area contributed by atoms with Crippen LogP contribution in [0.5, 0.6) is 0 Å². The van der Waals surface area contributed by atoms with Crippen LogP contribution in [0.1, 0.15) is 12.0 Å². The summed E-state index contributed by atoms with van der Waals surface area (Å²) >= 11 is 0. The summed E-state index contributed by atoms with van der Waals surface area (Å²) in [5.74, 6) is -1.91. The summed E-state index contributed by atoms with van der Waals surface area (Å²) in [4.78, 5) is 36.8. The standard InChI is InChI=1S/C16H15NO6/c1-21-13(18)8-11-7-12-17(11)14(16(20)23-12)15(19)22-9-10-5-3-2-4-6-10/h2-6,8,12,14H,7,9H2,1H3/t12-,14+/m1/s1. The lowest BCUT2D eigenvalue weighted by molar-refractivity contribution is -0.154. The van der Waals surface area contributed by atoms with Crippen LogP contribution in [0.2, 0.25) is 0 Å². The van der Waals surface area contributed by atoms with Gasteiger partial charge in [0.05, 0.1) is 7.11 Å². The Morgan fingerprint density at radius 2 is 2.09 bits per heavy atom. The summed E-state index contributed by atoms with van der Waals surface area (Å²) in [5.41, 5.74) is 1.34. The average Bonchev–Trinajstić information content (AvgIpc) is 2.82. The molecule has 2 aliphatic rings. The number of methoxy groups -OCH3 is 1. The molecule has 0 amide bonds. The summed E-state index contributed by atoms with van der Waals surface area (Å²) in [7, 11) is 1.26. The van der Waals surface area contributed by atoms with Crippen LogP contribution in [-0.4, -0.2) is 42.2 Å². The molecule has 2 fully saturated rings. The lowest BCUT2D eigenvalue weighted by atomic mass is 10.0. The zero-order chi connectivity index (χ0) is 16.4. The van der Waals surface area contributed by atoms with E-state index in [1.165, 1.54) is 18.1 Å². The van der Waals surface area contributed by atoms with Gasteiger partial charge in [-0.25, -0.2) is 14.4 Å². The Labute approximate surface area is 132 Å². The first kappa shape index (κ1) is 15.1. The van der Waals surface area contributed by atoms with Crippen LogP contribution in [0.3, 0.4) is 0 Å². The van der Waals surface area contributed by atoms with Crippen molar-refractivity contribution in [3.05, 3.63) is 47.7 Å². The minimum Gasteiger partial charge on any atom is -0.466 e.